The third-order valence-electron chi connectivity index (χ3n) is 1.19. The molecular formula is C6H13BrN2. The van der Waals surface area contributed by atoms with Crippen molar-refractivity contribution in [2.45, 2.75) is 19.9 Å². The Bertz CT molecular complexity index is 116. The van der Waals surface area contributed by atoms with E-state index in [4.69, 9.17) is 5.73 Å². The highest BCUT2D eigenvalue weighted by Gasteiger charge is 2.02. The van der Waals surface area contributed by atoms with Crippen LogP contribution < -0.4 is 11.1 Å². The van der Waals surface area contributed by atoms with Gasteiger partial charge in [-0.3, -0.25) is 0 Å². The van der Waals surface area contributed by atoms with E-state index >= 15 is 0 Å². The van der Waals surface area contributed by atoms with Crippen molar-refractivity contribution in [3.05, 3.63) is 10.2 Å². The number of nitrogens with two attached hydrogens (primary N) is 1. The molecule has 0 aromatic heterocycles. The number of hydrogen-bond acceptors (Lipinski definition) is 2. The zero-order valence-electron chi connectivity index (χ0n) is 6.03. The predicted molar refractivity (Wildman–Crippen MR) is 44.3 cm³/mol. The van der Waals surface area contributed by atoms with Crippen molar-refractivity contribution in [3.8, 4) is 0 Å². The van der Waals surface area contributed by atoms with Crippen LogP contribution in [0.4, 0.5) is 0 Å². The Balaban J connectivity index is 4.02. The highest BCUT2D eigenvalue weighted by Crippen LogP contribution is 2.11. The van der Waals surface area contributed by atoms with E-state index < -0.39 is 0 Å². The standard InChI is InChI=1S/C6H13BrN2/c1-4(8)6(7)5(2)9-3/h5,9H,8H2,1-3H3/b6-4-. The van der Waals surface area contributed by atoms with Crippen molar-refractivity contribution >= 4 is 15.9 Å². The van der Waals surface area contributed by atoms with E-state index in [-0.39, 0.29) is 0 Å². The Morgan fingerprint density at radius 1 is 1.67 bits per heavy atom. The van der Waals surface area contributed by atoms with Crippen LogP contribution in [-0.4, -0.2) is 13.1 Å². The number of likely N-dealkylation sites (N-methyl/N-ethyl adjacent to an activating group) is 1. The molecule has 0 aromatic carbocycles. The van der Waals surface area contributed by atoms with Crippen LogP contribution in [0, 0.1) is 0 Å². The SMILES string of the molecule is CNC(C)/C(Br)=C(\C)N. The Hall–Kier alpha value is -0.0200. The maximum absolute atomic E-state index is 5.51. The summed E-state index contributed by atoms with van der Waals surface area (Å²) in [7, 11) is 1.90. The molecule has 54 valence electrons. The fourth-order valence-electron chi connectivity index (χ4n) is 0.468. The Kier molecular flexibility index (Phi) is 3.89. The average Bonchev–Trinajstić information content (AvgIpc) is 1.84. The van der Waals surface area contributed by atoms with Crippen molar-refractivity contribution in [2.24, 2.45) is 5.73 Å². The maximum atomic E-state index is 5.51. The molecule has 0 aliphatic carbocycles. The first-order valence-corrected chi connectivity index (χ1v) is 3.68. The van der Waals surface area contributed by atoms with Gasteiger partial charge in [-0.05, 0) is 20.9 Å². The lowest BCUT2D eigenvalue weighted by molar-refractivity contribution is 0.716. The van der Waals surface area contributed by atoms with Crippen molar-refractivity contribution < 1.29 is 0 Å². The average molecular weight is 193 g/mol. The molecule has 9 heavy (non-hydrogen) atoms. The molecule has 1 unspecified atom stereocenters. The molecule has 0 heterocycles. The van der Waals surface area contributed by atoms with Gasteiger partial charge in [0, 0.05) is 16.2 Å². The molecule has 0 saturated heterocycles. The molecule has 0 spiro atoms. The number of rotatable bonds is 2. The summed E-state index contributed by atoms with van der Waals surface area (Å²) in [5.41, 5.74) is 6.34. The lowest BCUT2D eigenvalue weighted by Gasteiger charge is -2.09. The lowest BCUT2D eigenvalue weighted by Crippen LogP contribution is -2.22. The fourth-order valence-corrected chi connectivity index (χ4v) is 0.697. The first kappa shape index (κ1) is 8.98. The summed E-state index contributed by atoms with van der Waals surface area (Å²) < 4.78 is 1.03. The van der Waals surface area contributed by atoms with Gasteiger partial charge in [0.2, 0.25) is 0 Å². The van der Waals surface area contributed by atoms with Gasteiger partial charge >= 0.3 is 0 Å². The van der Waals surface area contributed by atoms with Crippen molar-refractivity contribution in [1.82, 2.24) is 5.32 Å². The molecule has 0 rings (SSSR count). The summed E-state index contributed by atoms with van der Waals surface area (Å²) in [5.74, 6) is 0. The van der Waals surface area contributed by atoms with Gasteiger partial charge in [-0.15, -0.1) is 0 Å². The van der Waals surface area contributed by atoms with Crippen LogP contribution in [0.25, 0.3) is 0 Å². The molecule has 0 aliphatic rings. The van der Waals surface area contributed by atoms with Crippen LogP contribution in [0.3, 0.4) is 0 Å². The molecule has 3 heteroatoms. The Labute approximate surface area is 64.6 Å². The largest absolute Gasteiger partial charge is 0.402 e. The minimum absolute atomic E-state index is 0.315. The second-order valence-electron chi connectivity index (χ2n) is 2.04. The summed E-state index contributed by atoms with van der Waals surface area (Å²) in [6.45, 7) is 3.92. The second kappa shape index (κ2) is 3.90. The van der Waals surface area contributed by atoms with Crippen molar-refractivity contribution in [2.75, 3.05) is 7.05 Å². The third kappa shape index (κ3) is 2.87. The summed E-state index contributed by atoms with van der Waals surface area (Å²) in [5, 5.41) is 3.06. The van der Waals surface area contributed by atoms with E-state index in [1.807, 2.05) is 20.9 Å². The number of halogens is 1. The second-order valence-corrected chi connectivity index (χ2v) is 2.90. The lowest BCUT2D eigenvalue weighted by atomic mass is 10.3. The van der Waals surface area contributed by atoms with E-state index in [0.717, 1.165) is 10.2 Å². The first-order valence-electron chi connectivity index (χ1n) is 2.88. The summed E-state index contributed by atoms with van der Waals surface area (Å²) >= 11 is 3.36. The molecule has 0 bridgehead atoms. The first-order chi connectivity index (χ1) is 4.09. The molecule has 1 atom stereocenters. The number of nitrogens with one attached hydrogen (secondary N) is 1. The van der Waals surface area contributed by atoms with E-state index in [1.165, 1.54) is 0 Å². The quantitative estimate of drug-likeness (QED) is 0.691. The van der Waals surface area contributed by atoms with Gasteiger partial charge in [-0.1, -0.05) is 15.9 Å². The van der Waals surface area contributed by atoms with Gasteiger partial charge in [0.1, 0.15) is 0 Å². The zero-order chi connectivity index (χ0) is 7.44. The Morgan fingerprint density at radius 2 is 2.11 bits per heavy atom. The molecule has 0 saturated carbocycles. The van der Waals surface area contributed by atoms with Crippen LogP contribution in [0.15, 0.2) is 10.2 Å². The molecule has 0 aliphatic heterocycles. The number of hydrogen-bond donors (Lipinski definition) is 2. The summed E-state index contributed by atoms with van der Waals surface area (Å²) in [6.07, 6.45) is 0. The number of allylic oxidation sites excluding steroid dienone is 1. The topological polar surface area (TPSA) is 38.0 Å². The van der Waals surface area contributed by atoms with Crippen LogP contribution in [0.2, 0.25) is 0 Å². The van der Waals surface area contributed by atoms with E-state index in [1.54, 1.807) is 0 Å². The summed E-state index contributed by atoms with van der Waals surface area (Å²) in [4.78, 5) is 0. The van der Waals surface area contributed by atoms with E-state index in [2.05, 4.69) is 21.2 Å². The van der Waals surface area contributed by atoms with Crippen molar-refractivity contribution in [3.63, 3.8) is 0 Å². The van der Waals surface area contributed by atoms with Gasteiger partial charge in [0.25, 0.3) is 0 Å². The summed E-state index contributed by atoms with van der Waals surface area (Å²) in [6, 6.07) is 0.315. The van der Waals surface area contributed by atoms with E-state index in [0.29, 0.717) is 6.04 Å². The predicted octanol–water partition coefficient (Wildman–Crippen LogP) is 1.18. The van der Waals surface area contributed by atoms with Crippen LogP contribution >= 0.6 is 15.9 Å². The zero-order valence-corrected chi connectivity index (χ0v) is 7.62. The van der Waals surface area contributed by atoms with E-state index in [9.17, 15) is 0 Å². The van der Waals surface area contributed by atoms with Gasteiger partial charge in [0.05, 0.1) is 0 Å². The minimum Gasteiger partial charge on any atom is -0.402 e. The monoisotopic (exact) mass is 192 g/mol. The Morgan fingerprint density at radius 3 is 2.22 bits per heavy atom. The van der Waals surface area contributed by atoms with Gasteiger partial charge < -0.3 is 11.1 Å². The minimum atomic E-state index is 0.315. The smallest absolute Gasteiger partial charge is 0.0372 e. The molecule has 2 nitrogen and oxygen atoms in total. The molecule has 0 amide bonds. The third-order valence-corrected chi connectivity index (χ3v) is 2.50. The molecule has 0 aromatic rings. The molecule has 3 N–H and O–H groups in total. The molecular weight excluding hydrogens is 180 g/mol. The van der Waals surface area contributed by atoms with Crippen LogP contribution in [-0.2, 0) is 0 Å². The van der Waals surface area contributed by atoms with Crippen LogP contribution in [0.5, 0.6) is 0 Å². The normalized spacial score (nSPS) is 16.9. The van der Waals surface area contributed by atoms with Crippen molar-refractivity contribution in [1.29, 1.82) is 0 Å². The van der Waals surface area contributed by atoms with Crippen LogP contribution in [0.1, 0.15) is 13.8 Å². The van der Waals surface area contributed by atoms with Gasteiger partial charge in [0.15, 0.2) is 0 Å². The molecule has 0 fully saturated rings. The maximum Gasteiger partial charge on any atom is 0.0372 e. The highest BCUT2D eigenvalue weighted by molar-refractivity contribution is 9.11. The highest BCUT2D eigenvalue weighted by atomic mass is 79.9. The van der Waals surface area contributed by atoms with Gasteiger partial charge in [-0.25, -0.2) is 0 Å². The molecule has 0 radical (unpaired) electrons. The fraction of sp³-hybridized carbons (Fsp3) is 0.667. The van der Waals surface area contributed by atoms with Gasteiger partial charge in [-0.2, -0.15) is 0 Å².